The van der Waals surface area contributed by atoms with Gasteiger partial charge in [0.05, 0.1) is 22.4 Å². The first-order chi connectivity index (χ1) is 16.9. The smallest absolute Gasteiger partial charge is 0.270 e. The summed E-state index contributed by atoms with van der Waals surface area (Å²) in [7, 11) is 0. The maximum absolute atomic E-state index is 13.2. The number of nitrogens with two attached hydrogens (primary N) is 1. The van der Waals surface area contributed by atoms with Crippen LogP contribution in [-0.2, 0) is 6.54 Å². The van der Waals surface area contributed by atoms with E-state index in [2.05, 4.69) is 15.6 Å². The van der Waals surface area contributed by atoms with E-state index in [9.17, 15) is 14.7 Å². The minimum Gasteiger partial charge on any atom is -0.394 e. The van der Waals surface area contributed by atoms with Crippen molar-refractivity contribution in [3.8, 4) is 11.3 Å². The molecule has 0 aliphatic carbocycles. The normalized spacial score (nSPS) is 12.2. The molecule has 11 heteroatoms. The van der Waals surface area contributed by atoms with Crippen molar-refractivity contribution in [1.82, 2.24) is 25.0 Å². The van der Waals surface area contributed by atoms with Crippen LogP contribution in [-0.4, -0.2) is 43.9 Å². The van der Waals surface area contributed by atoms with Crippen molar-refractivity contribution in [3.63, 3.8) is 0 Å². The van der Waals surface area contributed by atoms with E-state index >= 15 is 0 Å². The molecule has 5 rings (SSSR count). The van der Waals surface area contributed by atoms with Gasteiger partial charge in [0.1, 0.15) is 11.4 Å². The highest BCUT2D eigenvalue weighted by Gasteiger charge is 2.24. The van der Waals surface area contributed by atoms with Gasteiger partial charge in [0.2, 0.25) is 0 Å². The monoisotopic (exact) mass is 506 g/mol. The first-order valence-electron chi connectivity index (χ1n) is 10.8. The minimum atomic E-state index is -0.430. The first kappa shape index (κ1) is 23.0. The van der Waals surface area contributed by atoms with E-state index in [0.29, 0.717) is 34.3 Å². The number of rotatable bonds is 7. The predicted molar refractivity (Wildman–Crippen MR) is 138 cm³/mol. The summed E-state index contributed by atoms with van der Waals surface area (Å²) in [5.74, 6) is -0.688. The van der Waals surface area contributed by atoms with Gasteiger partial charge in [-0.1, -0.05) is 17.4 Å². The number of fused-ring (bicyclic) bond motifs is 2. The fraction of sp³-hybridized carbons (Fsp3) is 0.167. The molecule has 0 aliphatic rings. The zero-order chi connectivity index (χ0) is 24.5. The Labute approximate surface area is 208 Å². The molecule has 4 heterocycles. The number of pyridine rings is 1. The number of amides is 2. The van der Waals surface area contributed by atoms with Gasteiger partial charge < -0.3 is 21.5 Å². The molecule has 2 amide bonds. The highest BCUT2D eigenvalue weighted by Crippen LogP contribution is 2.28. The Morgan fingerprint density at radius 3 is 2.83 bits per heavy atom. The van der Waals surface area contributed by atoms with Crippen LogP contribution in [0.2, 0.25) is 0 Å². The minimum absolute atomic E-state index is 0.191. The maximum atomic E-state index is 13.2. The van der Waals surface area contributed by atoms with Crippen molar-refractivity contribution in [2.45, 2.75) is 19.5 Å². The lowest BCUT2D eigenvalue weighted by molar-refractivity contribution is 0.0914. The summed E-state index contributed by atoms with van der Waals surface area (Å²) in [6, 6.07) is 10.6. The van der Waals surface area contributed by atoms with Crippen LogP contribution < -0.4 is 16.4 Å². The molecular formula is C24H22N6O3S2. The largest absolute Gasteiger partial charge is 0.394 e. The van der Waals surface area contributed by atoms with Crippen molar-refractivity contribution in [2.24, 2.45) is 0 Å². The molecule has 5 aromatic rings. The number of hydrogen-bond acceptors (Lipinski definition) is 8. The van der Waals surface area contributed by atoms with Gasteiger partial charge in [-0.3, -0.25) is 14.0 Å². The maximum Gasteiger partial charge on any atom is 0.270 e. The molecule has 9 nitrogen and oxygen atoms in total. The quantitative estimate of drug-likeness (QED) is 0.268. The Balaban J connectivity index is 1.48. The highest BCUT2D eigenvalue weighted by atomic mass is 32.1. The number of thiophene rings is 1. The number of hydrogen-bond donors (Lipinski definition) is 4. The van der Waals surface area contributed by atoms with Gasteiger partial charge in [-0.2, -0.15) is 11.3 Å². The van der Waals surface area contributed by atoms with Crippen LogP contribution in [0, 0.1) is 0 Å². The van der Waals surface area contributed by atoms with Crippen LogP contribution in [0.5, 0.6) is 0 Å². The molecular weight excluding hydrogens is 484 g/mol. The second-order valence-electron chi connectivity index (χ2n) is 8.03. The Hall–Kier alpha value is -3.80. The van der Waals surface area contributed by atoms with Crippen molar-refractivity contribution in [1.29, 1.82) is 0 Å². The summed E-state index contributed by atoms with van der Waals surface area (Å²) in [6.07, 6.45) is 1.70. The number of aliphatic hydroxyl groups excluding tert-OH is 1. The fourth-order valence-corrected chi connectivity index (χ4v) is 5.21. The van der Waals surface area contributed by atoms with Gasteiger partial charge in [-0.05, 0) is 48.2 Å². The molecule has 1 aromatic carbocycles. The van der Waals surface area contributed by atoms with Crippen LogP contribution in [0.4, 0.5) is 5.13 Å². The Morgan fingerprint density at radius 1 is 1.20 bits per heavy atom. The lowest BCUT2D eigenvalue weighted by Gasteiger charge is -2.12. The third-order valence-corrected chi connectivity index (χ3v) is 7.01. The Kier molecular flexibility index (Phi) is 6.20. The molecule has 4 aromatic heterocycles. The van der Waals surface area contributed by atoms with Gasteiger partial charge in [0.15, 0.2) is 10.8 Å². The standard InChI is InChI=1S/C24H22N6O3S2/c1-13(11-31)27-23(33)20-19(15-6-8-34-12-15)29-21-16(3-2-7-30(20)21)22(32)26-10-14-4-5-17-18(9-14)35-24(25)28-17/h2-9,12-13,31H,10-11H2,1H3,(H2,25,28)(H,26,32)(H,27,33)/t13-/m0/s1. The zero-order valence-electron chi connectivity index (χ0n) is 18.7. The van der Waals surface area contributed by atoms with E-state index in [1.807, 2.05) is 35.0 Å². The summed E-state index contributed by atoms with van der Waals surface area (Å²) >= 11 is 2.89. The average Bonchev–Trinajstić information content (AvgIpc) is 3.58. The zero-order valence-corrected chi connectivity index (χ0v) is 20.3. The first-order valence-corrected chi connectivity index (χ1v) is 12.6. The summed E-state index contributed by atoms with van der Waals surface area (Å²) in [4.78, 5) is 35.2. The molecule has 35 heavy (non-hydrogen) atoms. The Bertz CT molecular complexity index is 1540. The predicted octanol–water partition coefficient (Wildman–Crippen LogP) is 3.30. The molecule has 0 radical (unpaired) electrons. The molecule has 0 aliphatic heterocycles. The van der Waals surface area contributed by atoms with E-state index < -0.39 is 6.04 Å². The number of carbonyl (C=O) groups is 2. The molecule has 5 N–H and O–H groups in total. The summed E-state index contributed by atoms with van der Waals surface area (Å²) in [5.41, 5.74) is 9.81. The topological polar surface area (TPSA) is 135 Å². The molecule has 0 bridgehead atoms. The van der Waals surface area contributed by atoms with E-state index in [1.165, 1.54) is 22.7 Å². The number of benzene rings is 1. The number of carbonyl (C=O) groups excluding carboxylic acids is 2. The average molecular weight is 507 g/mol. The van der Waals surface area contributed by atoms with E-state index in [1.54, 1.807) is 29.7 Å². The number of nitrogen functional groups attached to an aromatic ring is 1. The van der Waals surface area contributed by atoms with Crippen LogP contribution >= 0.6 is 22.7 Å². The van der Waals surface area contributed by atoms with Crippen LogP contribution in [0.25, 0.3) is 27.1 Å². The van der Waals surface area contributed by atoms with Crippen molar-refractivity contribution < 1.29 is 14.7 Å². The van der Waals surface area contributed by atoms with Crippen LogP contribution in [0.15, 0.2) is 53.4 Å². The van der Waals surface area contributed by atoms with Crippen molar-refractivity contribution in [2.75, 3.05) is 12.3 Å². The second-order valence-corrected chi connectivity index (χ2v) is 9.87. The Morgan fingerprint density at radius 2 is 2.06 bits per heavy atom. The van der Waals surface area contributed by atoms with Crippen LogP contribution in [0.3, 0.4) is 0 Å². The lowest BCUT2D eigenvalue weighted by atomic mass is 10.2. The molecule has 1 atom stereocenters. The number of anilines is 1. The van der Waals surface area contributed by atoms with Gasteiger partial charge in [0, 0.05) is 29.7 Å². The van der Waals surface area contributed by atoms with E-state index in [-0.39, 0.29) is 18.4 Å². The summed E-state index contributed by atoms with van der Waals surface area (Å²) in [5, 5.41) is 19.4. The SMILES string of the molecule is C[C@@H](CO)NC(=O)c1c(-c2ccsc2)nc2c(C(=O)NCc3ccc4nc(N)sc4c3)cccn12. The third-order valence-electron chi connectivity index (χ3n) is 5.48. The summed E-state index contributed by atoms with van der Waals surface area (Å²) in [6.45, 7) is 1.83. The van der Waals surface area contributed by atoms with Gasteiger partial charge >= 0.3 is 0 Å². The second kappa shape index (κ2) is 9.45. The summed E-state index contributed by atoms with van der Waals surface area (Å²) < 4.78 is 2.57. The number of thiazole rings is 1. The molecule has 178 valence electrons. The van der Waals surface area contributed by atoms with Gasteiger partial charge in [-0.25, -0.2) is 9.97 Å². The van der Waals surface area contributed by atoms with Crippen LogP contribution in [0.1, 0.15) is 33.3 Å². The number of imidazole rings is 1. The number of nitrogens with one attached hydrogen (secondary N) is 2. The highest BCUT2D eigenvalue weighted by molar-refractivity contribution is 7.22. The third kappa shape index (κ3) is 4.48. The van der Waals surface area contributed by atoms with Crippen molar-refractivity contribution >= 4 is 55.5 Å². The molecule has 0 saturated carbocycles. The van der Waals surface area contributed by atoms with E-state index in [4.69, 9.17) is 10.7 Å². The van der Waals surface area contributed by atoms with Gasteiger partial charge in [0.25, 0.3) is 11.8 Å². The number of nitrogens with zero attached hydrogens (tertiary/aromatic N) is 3. The van der Waals surface area contributed by atoms with E-state index in [0.717, 1.165) is 21.3 Å². The molecule has 0 fully saturated rings. The molecule has 0 unspecified atom stereocenters. The number of aliphatic hydroxyl groups is 1. The molecule has 0 saturated heterocycles. The lowest BCUT2D eigenvalue weighted by Crippen LogP contribution is -2.36. The fourth-order valence-electron chi connectivity index (χ4n) is 3.77. The van der Waals surface area contributed by atoms with Crippen molar-refractivity contribution in [3.05, 3.63) is 70.2 Å². The van der Waals surface area contributed by atoms with Gasteiger partial charge in [-0.15, -0.1) is 0 Å². The number of aromatic nitrogens is 3. The molecule has 0 spiro atoms.